The molecule has 0 heterocycles. The zero-order valence-electron chi connectivity index (χ0n) is 36.9. The van der Waals surface area contributed by atoms with E-state index in [0.29, 0.717) is 0 Å². The van der Waals surface area contributed by atoms with E-state index >= 15 is 0 Å². The average Bonchev–Trinajstić information content (AvgIpc) is 3.88. The lowest BCUT2D eigenvalue weighted by Gasteiger charge is -2.31. The second kappa shape index (κ2) is 15.8. The fourth-order valence-electron chi connectivity index (χ4n) is 11.3. The maximum atomic E-state index is 2.54. The zero-order valence-corrected chi connectivity index (χ0v) is 36.9. The normalized spacial score (nSPS) is 12.6. The van der Waals surface area contributed by atoms with Gasteiger partial charge in [0.25, 0.3) is 0 Å². The van der Waals surface area contributed by atoms with Crippen molar-refractivity contribution in [2.24, 2.45) is 0 Å². The summed E-state index contributed by atoms with van der Waals surface area (Å²) in [5.41, 5.74) is 26.9. The molecule has 0 heteroatoms. The number of fused-ring (bicyclic) bond motifs is 10. The maximum Gasteiger partial charge on any atom is 0.0725 e. The molecule has 0 bridgehead atoms. The summed E-state index contributed by atoms with van der Waals surface area (Å²) in [4.78, 5) is 0. The van der Waals surface area contributed by atoms with Crippen molar-refractivity contribution in [1.29, 1.82) is 0 Å². The van der Waals surface area contributed by atoms with Crippen LogP contribution in [0.2, 0.25) is 0 Å². The number of benzene rings is 11. The number of hydrogen-bond acceptors (Lipinski definition) is 0. The molecule has 1 spiro atoms. The van der Waals surface area contributed by atoms with Crippen molar-refractivity contribution in [1.82, 2.24) is 0 Å². The first-order valence-corrected chi connectivity index (χ1v) is 23.3. The van der Waals surface area contributed by atoms with E-state index in [4.69, 9.17) is 0 Å². The third kappa shape index (κ3) is 6.29. The molecule has 0 unspecified atom stereocenters. The molecule has 11 aromatic rings. The van der Waals surface area contributed by atoms with Gasteiger partial charge in [0.1, 0.15) is 0 Å². The molecule has 0 amide bonds. The minimum absolute atomic E-state index is 0.454. The van der Waals surface area contributed by atoms with Crippen molar-refractivity contribution < 1.29 is 0 Å². The molecule has 67 heavy (non-hydrogen) atoms. The number of hydrogen-bond donors (Lipinski definition) is 0. The molecule has 2 aliphatic rings. The van der Waals surface area contributed by atoms with E-state index in [-0.39, 0.29) is 0 Å². The Bertz CT molecular complexity index is 3450. The summed E-state index contributed by atoms with van der Waals surface area (Å²) < 4.78 is 0. The molecule has 0 aromatic heterocycles. The minimum Gasteiger partial charge on any atom is -0.0622 e. The Hall–Kier alpha value is -8.58. The van der Waals surface area contributed by atoms with Gasteiger partial charge in [0, 0.05) is 0 Å². The van der Waals surface area contributed by atoms with Crippen LogP contribution >= 0.6 is 0 Å². The summed E-state index contributed by atoms with van der Waals surface area (Å²) in [6.07, 6.45) is 0. The first-order valence-electron chi connectivity index (χ1n) is 23.3. The third-order valence-electron chi connectivity index (χ3n) is 14.4. The lowest BCUT2D eigenvalue weighted by atomic mass is 9.70. The predicted octanol–water partition coefficient (Wildman–Crippen LogP) is 17.7. The summed E-state index contributed by atoms with van der Waals surface area (Å²) in [6, 6.07) is 99.0. The molecule has 312 valence electrons. The van der Waals surface area contributed by atoms with E-state index in [1.807, 2.05) is 0 Å². The van der Waals surface area contributed by atoms with Crippen LogP contribution < -0.4 is 0 Å². The Morgan fingerprint density at radius 3 is 0.836 bits per heavy atom. The van der Waals surface area contributed by atoms with E-state index in [2.05, 4.69) is 267 Å². The highest BCUT2D eigenvalue weighted by Crippen LogP contribution is 2.63. The summed E-state index contributed by atoms with van der Waals surface area (Å²) in [5.74, 6) is 0. The van der Waals surface area contributed by atoms with Gasteiger partial charge in [0.05, 0.1) is 5.41 Å². The monoisotopic (exact) mass is 848 g/mol. The summed E-state index contributed by atoms with van der Waals surface area (Å²) in [5, 5.41) is 0. The SMILES string of the molecule is c1ccc(-c2ccc(-c3cc(-c4ccc(-c5ccccc5)cc4)c(-c4ccc5c(c4)C4(c6ccccc6-c6ccccc64)c4ccccc4-5)c(-c4ccc(-c5ccccc5)cc4)c3)cc2)cc1. The van der Waals surface area contributed by atoms with Crippen molar-refractivity contribution >= 4 is 0 Å². The van der Waals surface area contributed by atoms with Gasteiger partial charge in [-0.15, -0.1) is 0 Å². The fourth-order valence-corrected chi connectivity index (χ4v) is 11.3. The second-order valence-corrected chi connectivity index (χ2v) is 17.9. The predicted molar refractivity (Wildman–Crippen MR) is 281 cm³/mol. The fraction of sp³-hybridized carbons (Fsp3) is 0.0149. The molecule has 0 fully saturated rings. The van der Waals surface area contributed by atoms with Crippen LogP contribution in [0.15, 0.2) is 267 Å². The maximum absolute atomic E-state index is 2.54. The van der Waals surface area contributed by atoms with Gasteiger partial charge in [-0.2, -0.15) is 0 Å². The molecule has 2 aliphatic carbocycles. The van der Waals surface area contributed by atoms with Crippen molar-refractivity contribution in [2.45, 2.75) is 5.41 Å². The molecule has 0 nitrogen and oxygen atoms in total. The zero-order chi connectivity index (χ0) is 44.3. The van der Waals surface area contributed by atoms with Crippen LogP contribution in [0, 0.1) is 0 Å². The molecule has 0 atom stereocenters. The van der Waals surface area contributed by atoms with Crippen molar-refractivity contribution in [2.75, 3.05) is 0 Å². The second-order valence-electron chi connectivity index (χ2n) is 17.9. The van der Waals surface area contributed by atoms with Gasteiger partial charge in [-0.3, -0.25) is 0 Å². The van der Waals surface area contributed by atoms with Gasteiger partial charge in [-0.1, -0.05) is 249 Å². The van der Waals surface area contributed by atoms with Gasteiger partial charge < -0.3 is 0 Å². The standard InChI is InChI=1S/C67H44/c1-4-16-45(17-5-1)48-28-30-51(31-29-48)55-42-60(52-36-32-49(33-37-52)46-18-6-2-7-19-46)66(61(43-55)53-38-34-50(35-39-53)47-20-8-3-9-21-47)54-40-41-59-58-24-12-15-27-64(58)67(65(59)44-54)62-25-13-10-22-56(62)57-23-11-14-26-63(57)67/h1-44H. The third-order valence-corrected chi connectivity index (χ3v) is 14.4. The molecule has 13 rings (SSSR count). The largest absolute Gasteiger partial charge is 0.0725 e. The van der Waals surface area contributed by atoms with Crippen LogP contribution in [0.3, 0.4) is 0 Å². The molecule has 0 N–H and O–H groups in total. The van der Waals surface area contributed by atoms with Gasteiger partial charge >= 0.3 is 0 Å². The van der Waals surface area contributed by atoms with Crippen molar-refractivity contribution in [3.05, 3.63) is 289 Å². The van der Waals surface area contributed by atoms with Crippen LogP contribution in [0.1, 0.15) is 22.3 Å². The topological polar surface area (TPSA) is 0 Å². The highest BCUT2D eigenvalue weighted by atomic mass is 14.5. The Morgan fingerprint density at radius 2 is 0.448 bits per heavy atom. The Morgan fingerprint density at radius 1 is 0.164 bits per heavy atom. The molecular weight excluding hydrogens is 805 g/mol. The van der Waals surface area contributed by atoms with Crippen molar-refractivity contribution in [3.63, 3.8) is 0 Å². The van der Waals surface area contributed by atoms with E-state index in [1.54, 1.807) is 0 Å². The molecule has 0 aliphatic heterocycles. The number of rotatable bonds is 7. The van der Waals surface area contributed by atoms with Gasteiger partial charge in [-0.25, -0.2) is 0 Å². The van der Waals surface area contributed by atoms with Gasteiger partial charge in [0.2, 0.25) is 0 Å². The molecule has 0 saturated heterocycles. The highest BCUT2D eigenvalue weighted by Gasteiger charge is 2.51. The Balaban J connectivity index is 1.08. The molecule has 0 radical (unpaired) electrons. The van der Waals surface area contributed by atoms with E-state index in [0.717, 1.165) is 0 Å². The summed E-state index contributed by atoms with van der Waals surface area (Å²) >= 11 is 0. The van der Waals surface area contributed by atoms with Crippen LogP contribution in [0.5, 0.6) is 0 Å². The van der Waals surface area contributed by atoms with Gasteiger partial charge in [0.15, 0.2) is 0 Å². The first kappa shape index (κ1) is 38.8. The smallest absolute Gasteiger partial charge is 0.0622 e. The lowest BCUT2D eigenvalue weighted by Crippen LogP contribution is -2.25. The molecule has 11 aromatic carbocycles. The Labute approximate surface area is 392 Å². The van der Waals surface area contributed by atoms with Crippen LogP contribution in [0.4, 0.5) is 0 Å². The quantitative estimate of drug-likeness (QED) is 0.150. The minimum atomic E-state index is -0.454. The molecular formula is C67H44. The highest BCUT2D eigenvalue weighted by molar-refractivity contribution is 6.01. The van der Waals surface area contributed by atoms with E-state index in [9.17, 15) is 0 Å². The van der Waals surface area contributed by atoms with Crippen LogP contribution in [-0.2, 0) is 5.41 Å². The van der Waals surface area contributed by atoms with Crippen molar-refractivity contribution in [3.8, 4) is 100 Å². The Kier molecular flexibility index (Phi) is 9.18. The van der Waals surface area contributed by atoms with Gasteiger partial charge in [-0.05, 0) is 141 Å². The molecule has 0 saturated carbocycles. The van der Waals surface area contributed by atoms with E-state index < -0.39 is 5.41 Å². The first-order chi connectivity index (χ1) is 33.2. The van der Waals surface area contributed by atoms with Crippen LogP contribution in [-0.4, -0.2) is 0 Å². The lowest BCUT2D eigenvalue weighted by molar-refractivity contribution is 0.794. The van der Waals surface area contributed by atoms with Crippen LogP contribution in [0.25, 0.3) is 100 Å². The van der Waals surface area contributed by atoms with E-state index in [1.165, 1.54) is 122 Å². The average molecular weight is 849 g/mol. The summed E-state index contributed by atoms with van der Waals surface area (Å²) in [7, 11) is 0. The summed E-state index contributed by atoms with van der Waals surface area (Å²) in [6.45, 7) is 0.